The van der Waals surface area contributed by atoms with Gasteiger partial charge in [-0.15, -0.1) is 0 Å². The number of nitrogens with zero attached hydrogens (tertiary/aromatic N) is 3. The Balaban J connectivity index is 1.49. The summed E-state index contributed by atoms with van der Waals surface area (Å²) in [5.41, 5.74) is 1.10. The van der Waals surface area contributed by atoms with Gasteiger partial charge < -0.3 is 14.8 Å². The highest BCUT2D eigenvalue weighted by atomic mass is 19.1. The maximum Gasteiger partial charge on any atom is 0.317 e. The Hall–Kier alpha value is -2.37. The van der Waals surface area contributed by atoms with Gasteiger partial charge in [0.2, 0.25) is 0 Å². The molecule has 2 aromatic rings. The minimum Gasteiger partial charge on any atom is -0.337 e. The van der Waals surface area contributed by atoms with E-state index < -0.39 is 0 Å². The van der Waals surface area contributed by atoms with Gasteiger partial charge in [-0.1, -0.05) is 18.6 Å². The summed E-state index contributed by atoms with van der Waals surface area (Å²) in [7, 11) is 1.82. The summed E-state index contributed by atoms with van der Waals surface area (Å²) >= 11 is 0. The monoisotopic (exact) mass is 344 g/mol. The zero-order valence-electron chi connectivity index (χ0n) is 14.6. The summed E-state index contributed by atoms with van der Waals surface area (Å²) in [4.78, 5) is 18.2. The van der Waals surface area contributed by atoms with Crippen LogP contribution >= 0.6 is 0 Å². The molecule has 5 nitrogen and oxygen atoms in total. The van der Waals surface area contributed by atoms with Crippen molar-refractivity contribution in [3.8, 4) is 0 Å². The molecule has 2 amide bonds. The first-order chi connectivity index (χ1) is 12.1. The molecule has 0 spiro atoms. The Morgan fingerprint density at radius 1 is 1.36 bits per heavy atom. The number of halogens is 1. The third kappa shape index (κ3) is 4.59. The summed E-state index contributed by atoms with van der Waals surface area (Å²) in [6, 6.07) is 6.74. The van der Waals surface area contributed by atoms with E-state index in [0.29, 0.717) is 6.54 Å². The Labute approximate surface area is 147 Å². The van der Waals surface area contributed by atoms with Crippen LogP contribution in [0.5, 0.6) is 0 Å². The fourth-order valence-corrected chi connectivity index (χ4v) is 3.52. The molecule has 1 N–H and O–H groups in total. The second-order valence-electron chi connectivity index (χ2n) is 6.72. The molecule has 3 rings (SSSR count). The van der Waals surface area contributed by atoms with Crippen LogP contribution in [0.25, 0.3) is 0 Å². The van der Waals surface area contributed by atoms with Gasteiger partial charge in [0.25, 0.3) is 0 Å². The molecule has 1 saturated carbocycles. The second kappa shape index (κ2) is 8.14. The summed E-state index contributed by atoms with van der Waals surface area (Å²) in [6.07, 6.45) is 9.42. The molecule has 1 aromatic carbocycles. The summed E-state index contributed by atoms with van der Waals surface area (Å²) in [5.74, 6) is 0.0452. The average molecular weight is 344 g/mol. The number of nitrogens with one attached hydrogen (secondary N) is 1. The maximum absolute atomic E-state index is 13.1. The minimum absolute atomic E-state index is 0.0374. The fourth-order valence-electron chi connectivity index (χ4n) is 3.52. The van der Waals surface area contributed by atoms with Crippen LogP contribution in [0.4, 0.5) is 9.18 Å². The first kappa shape index (κ1) is 17.5. The number of rotatable bonds is 6. The standard InChI is InChI=1S/C19H25FN4O/c1-23(11-3-12-24-13-10-21-14-24)19(25)22-18-5-2-4-17(18)15-6-8-16(20)9-7-15/h6-10,13-14,17-18H,2-5,11-12H2,1H3,(H,22,25). The third-order valence-corrected chi connectivity index (χ3v) is 4.94. The van der Waals surface area contributed by atoms with Crippen molar-refractivity contribution in [1.82, 2.24) is 19.8 Å². The van der Waals surface area contributed by atoms with Crippen LogP contribution in [0.1, 0.15) is 37.2 Å². The van der Waals surface area contributed by atoms with Crippen LogP contribution < -0.4 is 5.32 Å². The van der Waals surface area contributed by atoms with Crippen molar-refractivity contribution in [2.75, 3.05) is 13.6 Å². The van der Waals surface area contributed by atoms with Gasteiger partial charge in [0, 0.05) is 44.5 Å². The lowest BCUT2D eigenvalue weighted by molar-refractivity contribution is 0.202. The molecule has 0 radical (unpaired) electrons. The molecular formula is C19H25FN4O. The van der Waals surface area contributed by atoms with Gasteiger partial charge in [0.05, 0.1) is 6.33 Å². The maximum atomic E-state index is 13.1. The summed E-state index contributed by atoms with van der Waals surface area (Å²) in [5, 5.41) is 3.16. The van der Waals surface area contributed by atoms with Crippen molar-refractivity contribution in [3.63, 3.8) is 0 Å². The van der Waals surface area contributed by atoms with Gasteiger partial charge in [-0.25, -0.2) is 14.2 Å². The first-order valence-corrected chi connectivity index (χ1v) is 8.86. The van der Waals surface area contributed by atoms with Crippen molar-refractivity contribution in [2.45, 2.75) is 44.2 Å². The van der Waals surface area contributed by atoms with E-state index in [9.17, 15) is 9.18 Å². The van der Waals surface area contributed by atoms with Gasteiger partial charge in [0.1, 0.15) is 5.82 Å². The number of hydrogen-bond donors (Lipinski definition) is 1. The number of aryl methyl sites for hydroxylation is 1. The molecule has 1 aliphatic carbocycles. The van der Waals surface area contributed by atoms with E-state index in [1.54, 1.807) is 17.4 Å². The van der Waals surface area contributed by atoms with Crippen molar-refractivity contribution in [2.24, 2.45) is 0 Å². The molecular weight excluding hydrogens is 319 g/mol. The Bertz CT molecular complexity index is 671. The number of carbonyl (C=O) groups is 1. The molecule has 25 heavy (non-hydrogen) atoms. The highest BCUT2D eigenvalue weighted by Crippen LogP contribution is 2.34. The van der Waals surface area contributed by atoms with Crippen LogP contribution in [0.15, 0.2) is 43.0 Å². The van der Waals surface area contributed by atoms with Crippen molar-refractivity contribution >= 4 is 6.03 Å². The molecule has 0 aliphatic heterocycles. The van der Waals surface area contributed by atoms with Gasteiger partial charge >= 0.3 is 6.03 Å². The minimum atomic E-state index is -0.222. The van der Waals surface area contributed by atoms with E-state index >= 15 is 0 Å². The van der Waals surface area contributed by atoms with Crippen LogP contribution in [-0.4, -0.2) is 40.1 Å². The number of amides is 2. The lowest BCUT2D eigenvalue weighted by Crippen LogP contribution is -2.44. The van der Waals surface area contributed by atoms with E-state index in [-0.39, 0.29) is 23.8 Å². The highest BCUT2D eigenvalue weighted by molar-refractivity contribution is 5.74. The molecule has 6 heteroatoms. The summed E-state index contributed by atoms with van der Waals surface area (Å²) in [6.45, 7) is 1.54. The second-order valence-corrected chi connectivity index (χ2v) is 6.72. The van der Waals surface area contributed by atoms with E-state index in [2.05, 4.69) is 10.3 Å². The SMILES string of the molecule is CN(CCCn1ccnc1)C(=O)NC1CCCC1c1ccc(F)cc1. The van der Waals surface area contributed by atoms with E-state index in [4.69, 9.17) is 0 Å². The molecule has 134 valence electrons. The predicted molar refractivity (Wildman–Crippen MR) is 94.8 cm³/mol. The average Bonchev–Trinajstić information content (AvgIpc) is 3.27. The van der Waals surface area contributed by atoms with E-state index in [0.717, 1.165) is 37.8 Å². The molecule has 1 heterocycles. The van der Waals surface area contributed by atoms with Crippen LogP contribution in [0, 0.1) is 5.82 Å². The van der Waals surface area contributed by atoms with Gasteiger partial charge in [-0.05, 0) is 37.0 Å². The number of aromatic nitrogens is 2. The van der Waals surface area contributed by atoms with Crippen molar-refractivity contribution < 1.29 is 9.18 Å². The van der Waals surface area contributed by atoms with Crippen LogP contribution in [0.3, 0.4) is 0 Å². The number of benzene rings is 1. The quantitative estimate of drug-likeness (QED) is 0.873. The summed E-state index contributed by atoms with van der Waals surface area (Å²) < 4.78 is 15.1. The Kier molecular flexibility index (Phi) is 5.68. The molecule has 0 bridgehead atoms. The van der Waals surface area contributed by atoms with E-state index in [1.807, 2.05) is 29.9 Å². The number of urea groups is 1. The normalized spacial score (nSPS) is 19.8. The molecule has 2 unspecified atom stereocenters. The Morgan fingerprint density at radius 2 is 2.16 bits per heavy atom. The van der Waals surface area contributed by atoms with Gasteiger partial charge in [0.15, 0.2) is 0 Å². The number of hydrogen-bond acceptors (Lipinski definition) is 2. The van der Waals surface area contributed by atoms with Crippen molar-refractivity contribution in [3.05, 3.63) is 54.4 Å². The number of carbonyl (C=O) groups excluding carboxylic acids is 1. The fraction of sp³-hybridized carbons (Fsp3) is 0.474. The predicted octanol–water partition coefficient (Wildman–Crippen LogP) is 3.39. The Morgan fingerprint density at radius 3 is 2.88 bits per heavy atom. The van der Waals surface area contributed by atoms with Crippen LogP contribution in [-0.2, 0) is 6.54 Å². The number of imidazole rings is 1. The van der Waals surface area contributed by atoms with Gasteiger partial charge in [-0.2, -0.15) is 0 Å². The zero-order chi connectivity index (χ0) is 17.6. The lowest BCUT2D eigenvalue weighted by atomic mass is 9.94. The lowest BCUT2D eigenvalue weighted by Gasteiger charge is -2.25. The highest BCUT2D eigenvalue weighted by Gasteiger charge is 2.30. The molecule has 0 saturated heterocycles. The third-order valence-electron chi connectivity index (χ3n) is 4.94. The smallest absolute Gasteiger partial charge is 0.317 e. The van der Waals surface area contributed by atoms with Crippen LogP contribution in [0.2, 0.25) is 0 Å². The zero-order valence-corrected chi connectivity index (χ0v) is 14.6. The topological polar surface area (TPSA) is 50.2 Å². The molecule has 2 atom stereocenters. The van der Waals surface area contributed by atoms with Gasteiger partial charge in [-0.3, -0.25) is 0 Å². The first-order valence-electron chi connectivity index (χ1n) is 8.86. The van der Waals surface area contributed by atoms with Crippen molar-refractivity contribution in [1.29, 1.82) is 0 Å². The molecule has 1 aromatic heterocycles. The molecule has 1 aliphatic rings. The largest absolute Gasteiger partial charge is 0.337 e. The van der Waals surface area contributed by atoms with E-state index in [1.165, 1.54) is 12.1 Å². The molecule has 1 fully saturated rings.